The molecule has 0 saturated carbocycles. The minimum absolute atomic E-state index is 0.00265. The minimum Gasteiger partial charge on any atom is -0.479 e. The molecular weight excluding hydrogens is 329 g/mol. The molecule has 23 heavy (non-hydrogen) atoms. The third-order valence-corrected chi connectivity index (χ3v) is 4.03. The summed E-state index contributed by atoms with van der Waals surface area (Å²) in [6, 6.07) is 4.26. The van der Waals surface area contributed by atoms with Crippen LogP contribution in [-0.4, -0.2) is 43.3 Å². The predicted molar refractivity (Wildman–Crippen MR) is 79.7 cm³/mol. The maximum Gasteiger partial charge on any atom is 0.334 e. The summed E-state index contributed by atoms with van der Waals surface area (Å²) >= 11 is 5.65. The lowest BCUT2D eigenvalue weighted by Gasteiger charge is -2.20. The van der Waals surface area contributed by atoms with E-state index in [-0.39, 0.29) is 17.5 Å². The summed E-state index contributed by atoms with van der Waals surface area (Å²) in [6.45, 7) is 0.211. The molecule has 0 bridgehead atoms. The lowest BCUT2D eigenvalue weighted by Crippen LogP contribution is -2.41. The highest BCUT2D eigenvalue weighted by Crippen LogP contribution is 2.35. The van der Waals surface area contributed by atoms with Gasteiger partial charge in [0.2, 0.25) is 5.91 Å². The van der Waals surface area contributed by atoms with Crippen molar-refractivity contribution in [3.8, 4) is 0 Å². The molecule has 1 heterocycles. The number of hydrogen-bond donors (Lipinski definition) is 2. The molecule has 1 saturated heterocycles. The predicted octanol–water partition coefficient (Wildman–Crippen LogP) is 1.77. The molecule has 2 rings (SSSR count). The van der Waals surface area contributed by atoms with Crippen molar-refractivity contribution in [1.82, 2.24) is 5.32 Å². The van der Waals surface area contributed by atoms with Gasteiger partial charge in [0.05, 0.1) is 23.6 Å². The summed E-state index contributed by atoms with van der Waals surface area (Å²) in [6.07, 6.45) is -1.24. The molecule has 2 N–H and O–H groups in total. The van der Waals surface area contributed by atoms with Crippen LogP contribution in [0.25, 0.3) is 0 Å². The molecule has 6 nitrogen and oxygen atoms in total. The second kappa shape index (κ2) is 7.72. The van der Waals surface area contributed by atoms with E-state index < -0.39 is 29.9 Å². The highest BCUT2D eigenvalue weighted by Gasteiger charge is 2.36. The van der Waals surface area contributed by atoms with Crippen molar-refractivity contribution in [3.05, 3.63) is 34.6 Å². The summed E-state index contributed by atoms with van der Waals surface area (Å²) in [5.74, 6) is -2.62. The van der Waals surface area contributed by atoms with Crippen LogP contribution in [0, 0.1) is 11.7 Å². The van der Waals surface area contributed by atoms with E-state index in [2.05, 4.69) is 5.32 Å². The summed E-state index contributed by atoms with van der Waals surface area (Å²) in [5, 5.41) is 11.4. The van der Waals surface area contributed by atoms with Gasteiger partial charge in [-0.25, -0.2) is 9.18 Å². The number of carbonyl (C=O) groups is 2. The van der Waals surface area contributed by atoms with Gasteiger partial charge >= 0.3 is 5.97 Å². The smallest absolute Gasteiger partial charge is 0.334 e. The minimum atomic E-state index is -1.16. The van der Waals surface area contributed by atoms with E-state index in [4.69, 9.17) is 26.2 Å². The molecule has 1 fully saturated rings. The first kappa shape index (κ1) is 17.7. The van der Waals surface area contributed by atoms with Crippen LogP contribution in [0.5, 0.6) is 0 Å². The van der Waals surface area contributed by atoms with Gasteiger partial charge in [-0.05, 0) is 24.1 Å². The summed E-state index contributed by atoms with van der Waals surface area (Å²) < 4.78 is 23.9. The Kier molecular flexibility index (Phi) is 5.92. The molecule has 1 aromatic carbocycles. The average Bonchev–Trinajstić information content (AvgIpc) is 2.99. The molecule has 0 aliphatic carbocycles. The van der Waals surface area contributed by atoms with Gasteiger partial charge in [-0.15, -0.1) is 0 Å². The van der Waals surface area contributed by atoms with Gasteiger partial charge < -0.3 is 19.9 Å². The molecule has 1 aliphatic heterocycles. The van der Waals surface area contributed by atoms with E-state index in [9.17, 15) is 14.0 Å². The van der Waals surface area contributed by atoms with Crippen LogP contribution < -0.4 is 5.32 Å². The maximum atomic E-state index is 13.6. The highest BCUT2D eigenvalue weighted by atomic mass is 35.5. The molecule has 0 aromatic heterocycles. The Labute approximate surface area is 137 Å². The van der Waals surface area contributed by atoms with Crippen molar-refractivity contribution in [2.75, 3.05) is 20.3 Å². The van der Waals surface area contributed by atoms with E-state index in [0.29, 0.717) is 18.6 Å². The molecule has 126 valence electrons. The zero-order chi connectivity index (χ0) is 17.0. The van der Waals surface area contributed by atoms with Crippen molar-refractivity contribution in [2.24, 2.45) is 5.92 Å². The van der Waals surface area contributed by atoms with Gasteiger partial charge in [-0.2, -0.15) is 0 Å². The zero-order valence-electron chi connectivity index (χ0n) is 12.4. The molecule has 1 aliphatic rings. The molecule has 1 aromatic rings. The Morgan fingerprint density at radius 2 is 2.30 bits per heavy atom. The average molecular weight is 346 g/mol. The lowest BCUT2D eigenvalue weighted by molar-refractivity contribution is -0.148. The first-order valence-corrected chi connectivity index (χ1v) is 7.41. The Hall–Kier alpha value is -1.70. The van der Waals surface area contributed by atoms with E-state index in [1.54, 1.807) is 6.07 Å². The standard InChI is InChI=1S/C15H17ClFNO5/c1-22-12(15(20)21)7-18-14(19)9-4-5-23-13(9)8-2-3-10(16)11(17)6-8/h2-3,6,9,12-13H,4-5,7H2,1H3,(H,18,19)(H,20,21)/t9-,12?,13+/m1/s1. The van der Waals surface area contributed by atoms with Crippen LogP contribution >= 0.6 is 11.6 Å². The van der Waals surface area contributed by atoms with Crippen LogP contribution in [0.2, 0.25) is 5.02 Å². The largest absolute Gasteiger partial charge is 0.479 e. The first-order chi connectivity index (χ1) is 10.9. The summed E-state index contributed by atoms with van der Waals surface area (Å²) in [4.78, 5) is 23.1. The molecule has 0 spiro atoms. The second-order valence-electron chi connectivity index (χ2n) is 5.17. The molecule has 1 unspecified atom stereocenters. The monoisotopic (exact) mass is 345 g/mol. The van der Waals surface area contributed by atoms with Crippen LogP contribution in [0.15, 0.2) is 18.2 Å². The van der Waals surface area contributed by atoms with E-state index in [0.717, 1.165) is 0 Å². The first-order valence-electron chi connectivity index (χ1n) is 7.04. The van der Waals surface area contributed by atoms with Crippen LogP contribution in [-0.2, 0) is 19.1 Å². The summed E-state index contributed by atoms with van der Waals surface area (Å²) in [5.41, 5.74) is 0.520. The number of ether oxygens (including phenoxy) is 2. The normalized spacial score (nSPS) is 21.9. The topological polar surface area (TPSA) is 84.9 Å². The van der Waals surface area contributed by atoms with Gasteiger partial charge in [0, 0.05) is 13.7 Å². The Morgan fingerprint density at radius 1 is 1.57 bits per heavy atom. The number of carbonyl (C=O) groups excluding carboxylic acids is 1. The van der Waals surface area contributed by atoms with E-state index >= 15 is 0 Å². The number of rotatable bonds is 6. The van der Waals surface area contributed by atoms with Gasteiger partial charge in [0.1, 0.15) is 5.82 Å². The number of carboxylic acid groups (broad SMARTS) is 1. The molecule has 1 amide bonds. The van der Waals surface area contributed by atoms with Gasteiger partial charge in [0.25, 0.3) is 0 Å². The van der Waals surface area contributed by atoms with Crippen LogP contribution in [0.3, 0.4) is 0 Å². The zero-order valence-corrected chi connectivity index (χ0v) is 13.2. The van der Waals surface area contributed by atoms with Crippen molar-refractivity contribution < 1.29 is 28.6 Å². The Morgan fingerprint density at radius 3 is 2.91 bits per heavy atom. The third-order valence-electron chi connectivity index (χ3n) is 3.72. The Balaban J connectivity index is 2.04. The molecular formula is C15H17ClFNO5. The third kappa shape index (κ3) is 4.19. The number of benzene rings is 1. The number of carboxylic acids is 1. The van der Waals surface area contributed by atoms with Gasteiger partial charge in [-0.1, -0.05) is 17.7 Å². The van der Waals surface area contributed by atoms with Crippen LogP contribution in [0.4, 0.5) is 4.39 Å². The fourth-order valence-electron chi connectivity index (χ4n) is 2.47. The lowest BCUT2D eigenvalue weighted by atomic mass is 9.94. The highest BCUT2D eigenvalue weighted by molar-refractivity contribution is 6.30. The van der Waals surface area contributed by atoms with Crippen molar-refractivity contribution in [1.29, 1.82) is 0 Å². The Bertz CT molecular complexity index is 597. The van der Waals surface area contributed by atoms with Gasteiger partial charge in [-0.3, -0.25) is 4.79 Å². The fraction of sp³-hybridized carbons (Fsp3) is 0.467. The number of amides is 1. The van der Waals surface area contributed by atoms with E-state index in [1.165, 1.54) is 19.2 Å². The number of aliphatic carboxylic acids is 1. The SMILES string of the molecule is COC(CNC(=O)[C@@H]1CCO[C@H]1c1ccc(Cl)c(F)c1)C(=O)O. The second-order valence-corrected chi connectivity index (χ2v) is 5.58. The van der Waals surface area contributed by atoms with Gasteiger partial charge in [0.15, 0.2) is 6.10 Å². The quantitative estimate of drug-likeness (QED) is 0.821. The number of halogens is 2. The molecule has 8 heteroatoms. The van der Waals surface area contributed by atoms with E-state index in [1.807, 2.05) is 0 Å². The molecule has 3 atom stereocenters. The van der Waals surface area contributed by atoms with Crippen molar-refractivity contribution in [3.63, 3.8) is 0 Å². The van der Waals surface area contributed by atoms with Crippen LogP contribution in [0.1, 0.15) is 18.1 Å². The van der Waals surface area contributed by atoms with Crippen molar-refractivity contribution in [2.45, 2.75) is 18.6 Å². The number of methoxy groups -OCH3 is 1. The fourth-order valence-corrected chi connectivity index (χ4v) is 2.59. The number of hydrogen-bond acceptors (Lipinski definition) is 4. The molecule has 0 radical (unpaired) electrons. The van der Waals surface area contributed by atoms with Crippen molar-refractivity contribution >= 4 is 23.5 Å². The number of nitrogens with one attached hydrogen (secondary N) is 1. The summed E-state index contributed by atoms with van der Waals surface area (Å²) in [7, 11) is 1.25. The maximum absolute atomic E-state index is 13.6.